The van der Waals surface area contributed by atoms with Gasteiger partial charge in [0, 0.05) is 24.7 Å². The molecule has 2 aliphatic rings. The standard InChI is InChI=1S/C15H20ClNO2/c16-15-3-1-2-12-10-17(7-5-14(12)15)6-4-13-11-18-8-9-19-13/h1-3,13H,4-11H2. The maximum absolute atomic E-state index is 6.23. The minimum atomic E-state index is 0.273. The van der Waals surface area contributed by atoms with Gasteiger partial charge in [-0.05, 0) is 30.0 Å². The van der Waals surface area contributed by atoms with Crippen molar-refractivity contribution >= 4 is 11.6 Å². The normalized spacial score (nSPS) is 24.2. The predicted octanol–water partition coefficient (Wildman–Crippen LogP) is 2.50. The van der Waals surface area contributed by atoms with Gasteiger partial charge in [0.05, 0.1) is 25.9 Å². The number of hydrogen-bond donors (Lipinski definition) is 0. The lowest BCUT2D eigenvalue weighted by Gasteiger charge is -2.31. The second kappa shape index (κ2) is 6.23. The molecule has 0 bridgehead atoms. The summed E-state index contributed by atoms with van der Waals surface area (Å²) >= 11 is 6.23. The number of fused-ring (bicyclic) bond motifs is 1. The number of rotatable bonds is 3. The van der Waals surface area contributed by atoms with Crippen molar-refractivity contribution in [2.45, 2.75) is 25.5 Å². The Morgan fingerprint density at radius 2 is 2.26 bits per heavy atom. The van der Waals surface area contributed by atoms with Crippen LogP contribution in [0.1, 0.15) is 17.5 Å². The van der Waals surface area contributed by atoms with Gasteiger partial charge in [-0.25, -0.2) is 0 Å². The molecule has 4 heteroatoms. The third kappa shape index (κ3) is 3.29. The van der Waals surface area contributed by atoms with Crippen molar-refractivity contribution < 1.29 is 9.47 Å². The molecule has 19 heavy (non-hydrogen) atoms. The fourth-order valence-corrected chi connectivity index (χ4v) is 3.13. The lowest BCUT2D eigenvalue weighted by atomic mass is 9.99. The van der Waals surface area contributed by atoms with Crippen molar-refractivity contribution in [3.05, 3.63) is 34.3 Å². The van der Waals surface area contributed by atoms with Crippen LogP contribution in [0.2, 0.25) is 5.02 Å². The fourth-order valence-electron chi connectivity index (χ4n) is 2.84. The van der Waals surface area contributed by atoms with E-state index in [-0.39, 0.29) is 6.10 Å². The van der Waals surface area contributed by atoms with Crippen LogP contribution in [0, 0.1) is 0 Å². The van der Waals surface area contributed by atoms with E-state index in [1.165, 1.54) is 11.1 Å². The average molecular weight is 282 g/mol. The number of ether oxygens (including phenoxy) is 2. The van der Waals surface area contributed by atoms with Crippen molar-refractivity contribution in [1.29, 1.82) is 0 Å². The van der Waals surface area contributed by atoms with Gasteiger partial charge in [0.15, 0.2) is 0 Å². The third-order valence-corrected chi connectivity index (χ3v) is 4.29. The molecule has 0 radical (unpaired) electrons. The maximum Gasteiger partial charge on any atom is 0.0821 e. The quantitative estimate of drug-likeness (QED) is 0.850. The molecule has 1 unspecified atom stereocenters. The number of halogens is 1. The van der Waals surface area contributed by atoms with Crippen LogP contribution in [0.3, 0.4) is 0 Å². The maximum atomic E-state index is 6.23. The molecule has 0 aliphatic carbocycles. The van der Waals surface area contributed by atoms with Crippen molar-refractivity contribution in [2.24, 2.45) is 0 Å². The van der Waals surface area contributed by atoms with Crippen LogP contribution in [0.25, 0.3) is 0 Å². The van der Waals surface area contributed by atoms with Gasteiger partial charge in [-0.3, -0.25) is 4.90 Å². The van der Waals surface area contributed by atoms with Gasteiger partial charge < -0.3 is 9.47 Å². The highest BCUT2D eigenvalue weighted by Crippen LogP contribution is 2.26. The van der Waals surface area contributed by atoms with Crippen molar-refractivity contribution in [1.82, 2.24) is 4.90 Å². The monoisotopic (exact) mass is 281 g/mol. The van der Waals surface area contributed by atoms with Gasteiger partial charge in [0.25, 0.3) is 0 Å². The molecule has 3 nitrogen and oxygen atoms in total. The summed E-state index contributed by atoms with van der Waals surface area (Å²) in [5, 5.41) is 0.918. The first-order chi connectivity index (χ1) is 9.33. The Bertz CT molecular complexity index is 432. The SMILES string of the molecule is Clc1cccc2c1CCN(CCC1COCCO1)C2. The predicted molar refractivity (Wildman–Crippen MR) is 75.6 cm³/mol. The Hall–Kier alpha value is -0.610. The third-order valence-electron chi connectivity index (χ3n) is 3.94. The van der Waals surface area contributed by atoms with E-state index in [0.29, 0.717) is 0 Å². The number of nitrogens with zero attached hydrogens (tertiary/aromatic N) is 1. The molecule has 104 valence electrons. The molecule has 0 aromatic heterocycles. The summed E-state index contributed by atoms with van der Waals surface area (Å²) in [5.41, 5.74) is 2.71. The molecule has 1 aromatic carbocycles. The van der Waals surface area contributed by atoms with Gasteiger partial charge in [0.2, 0.25) is 0 Å². The molecule has 2 aliphatic heterocycles. The van der Waals surface area contributed by atoms with E-state index < -0.39 is 0 Å². The van der Waals surface area contributed by atoms with E-state index in [1.807, 2.05) is 12.1 Å². The topological polar surface area (TPSA) is 21.7 Å². The molecular formula is C15H20ClNO2. The summed E-state index contributed by atoms with van der Waals surface area (Å²) in [4.78, 5) is 2.48. The Labute approximate surface area is 119 Å². The Morgan fingerprint density at radius 3 is 3.11 bits per heavy atom. The molecule has 1 saturated heterocycles. The summed E-state index contributed by atoms with van der Waals surface area (Å²) in [5.74, 6) is 0. The minimum Gasteiger partial charge on any atom is -0.376 e. The van der Waals surface area contributed by atoms with E-state index in [9.17, 15) is 0 Å². The summed E-state index contributed by atoms with van der Waals surface area (Å²) in [6, 6.07) is 6.22. The average Bonchev–Trinajstić information content (AvgIpc) is 2.46. The summed E-state index contributed by atoms with van der Waals surface area (Å²) in [6.45, 7) is 5.39. The van der Waals surface area contributed by atoms with Gasteiger partial charge in [-0.2, -0.15) is 0 Å². The Balaban J connectivity index is 1.54. The van der Waals surface area contributed by atoms with E-state index in [0.717, 1.165) is 57.3 Å². The Morgan fingerprint density at radius 1 is 1.32 bits per heavy atom. The van der Waals surface area contributed by atoms with E-state index >= 15 is 0 Å². The van der Waals surface area contributed by atoms with Crippen LogP contribution in [0.4, 0.5) is 0 Å². The second-order valence-corrected chi connectivity index (χ2v) is 5.67. The molecule has 0 spiro atoms. The van der Waals surface area contributed by atoms with Crippen molar-refractivity contribution in [3.8, 4) is 0 Å². The molecule has 1 fully saturated rings. The fraction of sp³-hybridized carbons (Fsp3) is 0.600. The zero-order valence-corrected chi connectivity index (χ0v) is 11.9. The molecule has 0 N–H and O–H groups in total. The zero-order valence-electron chi connectivity index (χ0n) is 11.1. The molecule has 1 aromatic rings. The molecule has 2 heterocycles. The highest BCUT2D eigenvalue weighted by atomic mass is 35.5. The molecule has 1 atom stereocenters. The highest BCUT2D eigenvalue weighted by molar-refractivity contribution is 6.31. The minimum absolute atomic E-state index is 0.273. The van der Waals surface area contributed by atoms with Crippen molar-refractivity contribution in [3.63, 3.8) is 0 Å². The van der Waals surface area contributed by atoms with E-state index in [2.05, 4.69) is 11.0 Å². The lowest BCUT2D eigenvalue weighted by Crippen LogP contribution is -2.36. The molecule has 0 saturated carbocycles. The first-order valence-corrected chi connectivity index (χ1v) is 7.38. The van der Waals surface area contributed by atoms with Crippen LogP contribution < -0.4 is 0 Å². The highest BCUT2D eigenvalue weighted by Gasteiger charge is 2.20. The van der Waals surface area contributed by atoms with E-state index in [4.69, 9.17) is 21.1 Å². The summed E-state index contributed by atoms with van der Waals surface area (Å²) in [7, 11) is 0. The second-order valence-electron chi connectivity index (χ2n) is 5.26. The van der Waals surface area contributed by atoms with Gasteiger partial charge in [-0.1, -0.05) is 23.7 Å². The van der Waals surface area contributed by atoms with Crippen LogP contribution in [0.15, 0.2) is 18.2 Å². The van der Waals surface area contributed by atoms with Crippen molar-refractivity contribution in [2.75, 3.05) is 32.9 Å². The number of benzene rings is 1. The number of hydrogen-bond acceptors (Lipinski definition) is 3. The van der Waals surface area contributed by atoms with Crippen LogP contribution >= 0.6 is 11.6 Å². The van der Waals surface area contributed by atoms with Gasteiger partial charge in [-0.15, -0.1) is 0 Å². The Kier molecular flexibility index (Phi) is 4.38. The molecule has 3 rings (SSSR count). The van der Waals surface area contributed by atoms with Gasteiger partial charge in [0.1, 0.15) is 0 Å². The largest absolute Gasteiger partial charge is 0.376 e. The summed E-state index contributed by atoms with van der Waals surface area (Å²) < 4.78 is 11.1. The lowest BCUT2D eigenvalue weighted by molar-refractivity contribution is -0.0929. The smallest absolute Gasteiger partial charge is 0.0821 e. The molecule has 0 amide bonds. The van der Waals surface area contributed by atoms with Crippen LogP contribution in [0.5, 0.6) is 0 Å². The van der Waals surface area contributed by atoms with Gasteiger partial charge >= 0.3 is 0 Å². The van der Waals surface area contributed by atoms with Crippen LogP contribution in [-0.4, -0.2) is 43.9 Å². The first-order valence-electron chi connectivity index (χ1n) is 7.01. The van der Waals surface area contributed by atoms with E-state index in [1.54, 1.807) is 0 Å². The molecular weight excluding hydrogens is 262 g/mol. The first kappa shape index (κ1) is 13.4. The van der Waals surface area contributed by atoms with Crippen LogP contribution in [-0.2, 0) is 22.4 Å². The zero-order chi connectivity index (χ0) is 13.1. The summed E-state index contributed by atoms with van der Waals surface area (Å²) in [6.07, 6.45) is 2.38.